The Kier molecular flexibility index (Phi) is 5.37. The summed E-state index contributed by atoms with van der Waals surface area (Å²) in [6.07, 6.45) is 3.44. The zero-order chi connectivity index (χ0) is 15.9. The van der Waals surface area contributed by atoms with Crippen LogP contribution in [0.1, 0.15) is 28.4 Å². The van der Waals surface area contributed by atoms with Gasteiger partial charge >= 0.3 is 0 Å². The molecule has 0 unspecified atom stereocenters. The van der Waals surface area contributed by atoms with Crippen molar-refractivity contribution in [2.24, 2.45) is 0 Å². The SMILES string of the molecule is C=CCc1cc(C(=O)Nc2ccc(CC)cc2)ccc1OC. The molecule has 114 valence electrons. The van der Waals surface area contributed by atoms with Gasteiger partial charge in [0, 0.05) is 11.3 Å². The maximum atomic E-state index is 12.3. The van der Waals surface area contributed by atoms with Gasteiger partial charge in [-0.25, -0.2) is 0 Å². The van der Waals surface area contributed by atoms with Gasteiger partial charge in [0.15, 0.2) is 0 Å². The van der Waals surface area contributed by atoms with Gasteiger partial charge in [-0.2, -0.15) is 0 Å². The smallest absolute Gasteiger partial charge is 0.255 e. The molecule has 0 aliphatic carbocycles. The maximum Gasteiger partial charge on any atom is 0.255 e. The lowest BCUT2D eigenvalue weighted by atomic mass is 10.1. The first-order valence-electron chi connectivity index (χ1n) is 7.36. The Bertz CT molecular complexity index is 660. The van der Waals surface area contributed by atoms with Gasteiger partial charge in [-0.15, -0.1) is 6.58 Å². The normalized spacial score (nSPS) is 10.1. The number of hydrogen-bond donors (Lipinski definition) is 1. The molecule has 0 aliphatic heterocycles. The van der Waals surface area contributed by atoms with Crippen molar-refractivity contribution in [2.45, 2.75) is 19.8 Å². The number of carbonyl (C=O) groups is 1. The van der Waals surface area contributed by atoms with Crippen molar-refractivity contribution in [3.8, 4) is 5.75 Å². The van der Waals surface area contributed by atoms with E-state index in [1.165, 1.54) is 5.56 Å². The van der Waals surface area contributed by atoms with E-state index < -0.39 is 0 Å². The fourth-order valence-electron chi connectivity index (χ4n) is 2.26. The molecule has 0 aliphatic rings. The van der Waals surface area contributed by atoms with Crippen LogP contribution >= 0.6 is 0 Å². The minimum Gasteiger partial charge on any atom is -0.496 e. The second-order valence-corrected chi connectivity index (χ2v) is 5.02. The van der Waals surface area contributed by atoms with Gasteiger partial charge in [0.2, 0.25) is 0 Å². The number of methoxy groups -OCH3 is 1. The molecule has 0 aromatic heterocycles. The van der Waals surface area contributed by atoms with E-state index in [4.69, 9.17) is 4.74 Å². The zero-order valence-electron chi connectivity index (χ0n) is 13.1. The van der Waals surface area contributed by atoms with Crippen molar-refractivity contribution in [3.05, 3.63) is 71.8 Å². The molecule has 0 heterocycles. The lowest BCUT2D eigenvalue weighted by Gasteiger charge is -2.10. The highest BCUT2D eigenvalue weighted by Gasteiger charge is 2.10. The van der Waals surface area contributed by atoms with Gasteiger partial charge < -0.3 is 10.1 Å². The molecule has 0 radical (unpaired) electrons. The molecule has 2 aromatic rings. The summed E-state index contributed by atoms with van der Waals surface area (Å²) in [5, 5.41) is 2.91. The summed E-state index contributed by atoms with van der Waals surface area (Å²) in [4.78, 5) is 12.3. The molecule has 22 heavy (non-hydrogen) atoms. The average molecular weight is 295 g/mol. The third kappa shape index (κ3) is 3.76. The van der Waals surface area contributed by atoms with Crippen molar-refractivity contribution in [3.63, 3.8) is 0 Å². The van der Waals surface area contributed by atoms with Gasteiger partial charge in [-0.05, 0) is 54.3 Å². The minimum atomic E-state index is -0.128. The number of ether oxygens (including phenoxy) is 1. The lowest BCUT2D eigenvalue weighted by molar-refractivity contribution is 0.102. The fraction of sp³-hybridized carbons (Fsp3) is 0.211. The summed E-state index contributed by atoms with van der Waals surface area (Å²) in [6, 6.07) is 13.3. The number of nitrogens with one attached hydrogen (secondary N) is 1. The minimum absolute atomic E-state index is 0.128. The Hall–Kier alpha value is -2.55. The molecular formula is C19H21NO2. The molecule has 3 heteroatoms. The summed E-state index contributed by atoms with van der Waals surface area (Å²) in [7, 11) is 1.62. The van der Waals surface area contributed by atoms with Crippen molar-refractivity contribution in [2.75, 3.05) is 12.4 Å². The Morgan fingerprint density at radius 1 is 1.23 bits per heavy atom. The molecule has 1 N–H and O–H groups in total. The molecule has 0 saturated heterocycles. The Morgan fingerprint density at radius 2 is 1.95 bits per heavy atom. The van der Waals surface area contributed by atoms with Crippen molar-refractivity contribution < 1.29 is 9.53 Å². The summed E-state index contributed by atoms with van der Waals surface area (Å²) < 4.78 is 5.30. The lowest BCUT2D eigenvalue weighted by Crippen LogP contribution is -2.12. The highest BCUT2D eigenvalue weighted by atomic mass is 16.5. The number of anilines is 1. The van der Waals surface area contributed by atoms with E-state index in [2.05, 4.69) is 18.8 Å². The average Bonchev–Trinajstić information content (AvgIpc) is 2.55. The first-order chi connectivity index (χ1) is 10.7. The summed E-state index contributed by atoms with van der Waals surface area (Å²) in [5.41, 5.74) is 3.60. The summed E-state index contributed by atoms with van der Waals surface area (Å²) >= 11 is 0. The van der Waals surface area contributed by atoms with Crippen LogP contribution < -0.4 is 10.1 Å². The first-order valence-corrected chi connectivity index (χ1v) is 7.36. The van der Waals surface area contributed by atoms with Crippen molar-refractivity contribution >= 4 is 11.6 Å². The standard InChI is InChI=1S/C19H21NO2/c1-4-6-15-13-16(9-12-18(15)22-3)19(21)20-17-10-7-14(5-2)8-11-17/h4,7-13H,1,5-6H2,2-3H3,(H,20,21). The highest BCUT2D eigenvalue weighted by Crippen LogP contribution is 2.21. The number of hydrogen-bond acceptors (Lipinski definition) is 2. The van der Waals surface area contributed by atoms with E-state index in [1.54, 1.807) is 19.3 Å². The van der Waals surface area contributed by atoms with Crippen LogP contribution in [0.4, 0.5) is 5.69 Å². The van der Waals surface area contributed by atoms with Crippen molar-refractivity contribution in [1.29, 1.82) is 0 Å². The van der Waals surface area contributed by atoms with E-state index >= 15 is 0 Å². The first kappa shape index (κ1) is 15.8. The fourth-order valence-corrected chi connectivity index (χ4v) is 2.26. The van der Waals surface area contributed by atoms with E-state index in [1.807, 2.05) is 36.4 Å². The number of allylic oxidation sites excluding steroid dienone is 1. The van der Waals surface area contributed by atoms with Crippen LogP contribution in [0.3, 0.4) is 0 Å². The van der Waals surface area contributed by atoms with Crippen LogP contribution in [0.25, 0.3) is 0 Å². The maximum absolute atomic E-state index is 12.3. The largest absolute Gasteiger partial charge is 0.496 e. The quantitative estimate of drug-likeness (QED) is 0.810. The van der Waals surface area contributed by atoms with Crippen LogP contribution in [0.15, 0.2) is 55.1 Å². The van der Waals surface area contributed by atoms with E-state index in [0.29, 0.717) is 12.0 Å². The van der Waals surface area contributed by atoms with Crippen LogP contribution in [0, 0.1) is 0 Å². The van der Waals surface area contributed by atoms with E-state index in [0.717, 1.165) is 23.4 Å². The highest BCUT2D eigenvalue weighted by molar-refractivity contribution is 6.04. The molecule has 0 atom stereocenters. The van der Waals surface area contributed by atoms with Crippen LogP contribution in [0.2, 0.25) is 0 Å². The van der Waals surface area contributed by atoms with Gasteiger partial charge in [-0.3, -0.25) is 4.79 Å². The molecule has 0 saturated carbocycles. The van der Waals surface area contributed by atoms with Crippen LogP contribution in [-0.4, -0.2) is 13.0 Å². The van der Waals surface area contributed by atoms with Gasteiger partial charge in [0.05, 0.1) is 7.11 Å². The third-order valence-electron chi connectivity index (χ3n) is 3.53. The van der Waals surface area contributed by atoms with Gasteiger partial charge in [0.1, 0.15) is 5.75 Å². The molecule has 0 fully saturated rings. The topological polar surface area (TPSA) is 38.3 Å². The van der Waals surface area contributed by atoms with Crippen molar-refractivity contribution in [1.82, 2.24) is 0 Å². The monoisotopic (exact) mass is 295 g/mol. The van der Waals surface area contributed by atoms with Crippen LogP contribution in [-0.2, 0) is 12.8 Å². The van der Waals surface area contributed by atoms with E-state index in [-0.39, 0.29) is 5.91 Å². The number of carbonyl (C=O) groups excluding carboxylic acids is 1. The number of benzene rings is 2. The third-order valence-corrected chi connectivity index (χ3v) is 3.53. The molecule has 2 aromatic carbocycles. The second kappa shape index (κ2) is 7.46. The second-order valence-electron chi connectivity index (χ2n) is 5.02. The molecule has 3 nitrogen and oxygen atoms in total. The predicted octanol–water partition coefficient (Wildman–Crippen LogP) is 4.24. The van der Waals surface area contributed by atoms with Crippen LogP contribution in [0.5, 0.6) is 5.75 Å². The summed E-state index contributed by atoms with van der Waals surface area (Å²) in [5.74, 6) is 0.640. The number of rotatable bonds is 6. The zero-order valence-corrected chi connectivity index (χ0v) is 13.1. The molecule has 2 rings (SSSR count). The predicted molar refractivity (Wildman–Crippen MR) is 90.7 cm³/mol. The Morgan fingerprint density at radius 3 is 2.55 bits per heavy atom. The number of aryl methyl sites for hydroxylation is 1. The summed E-state index contributed by atoms with van der Waals surface area (Å²) in [6.45, 7) is 5.84. The molecule has 1 amide bonds. The molecular weight excluding hydrogens is 274 g/mol. The van der Waals surface area contributed by atoms with Gasteiger partial charge in [-0.1, -0.05) is 25.1 Å². The van der Waals surface area contributed by atoms with E-state index in [9.17, 15) is 4.79 Å². The molecule has 0 spiro atoms. The number of amides is 1. The Labute approximate surface area is 131 Å². The molecule has 0 bridgehead atoms. The Balaban J connectivity index is 2.17. The van der Waals surface area contributed by atoms with Gasteiger partial charge in [0.25, 0.3) is 5.91 Å².